The van der Waals surface area contributed by atoms with Crippen LogP contribution in [-0.4, -0.2) is 50.1 Å². The Kier molecular flexibility index (Phi) is 5.70. The average molecular weight is 264 g/mol. The van der Waals surface area contributed by atoms with Crippen molar-refractivity contribution in [3.8, 4) is 0 Å². The molecule has 2 rings (SSSR count). The molecule has 0 saturated carbocycles. The predicted molar refractivity (Wildman–Crippen MR) is 81.5 cm³/mol. The van der Waals surface area contributed by atoms with Gasteiger partial charge in [-0.1, -0.05) is 12.2 Å². The number of aliphatic imine (C=N–C) groups is 1. The van der Waals surface area contributed by atoms with Gasteiger partial charge in [-0.05, 0) is 52.1 Å². The zero-order valence-electron chi connectivity index (χ0n) is 12.4. The minimum absolute atomic E-state index is 0.534. The lowest BCUT2D eigenvalue weighted by molar-refractivity contribution is 0.214. The summed E-state index contributed by atoms with van der Waals surface area (Å²) >= 11 is 0. The molecule has 0 radical (unpaired) electrons. The quantitative estimate of drug-likeness (QED) is 0.460. The molecule has 1 fully saturated rings. The Balaban J connectivity index is 1.81. The van der Waals surface area contributed by atoms with Gasteiger partial charge in [0.2, 0.25) is 0 Å². The van der Waals surface area contributed by atoms with E-state index in [0.29, 0.717) is 6.04 Å². The Morgan fingerprint density at radius 3 is 2.84 bits per heavy atom. The average Bonchev–Trinajstić information content (AvgIpc) is 2.89. The van der Waals surface area contributed by atoms with Gasteiger partial charge in [-0.3, -0.25) is 4.99 Å². The van der Waals surface area contributed by atoms with E-state index in [4.69, 9.17) is 4.99 Å². The molecular weight excluding hydrogens is 236 g/mol. The molecule has 2 aliphatic rings. The number of hydrogen-bond donors (Lipinski definition) is 2. The first-order valence-electron chi connectivity index (χ1n) is 7.66. The lowest BCUT2D eigenvalue weighted by atomic mass is 9.99. The molecule has 108 valence electrons. The lowest BCUT2D eigenvalue weighted by Crippen LogP contribution is -2.43. The van der Waals surface area contributed by atoms with Gasteiger partial charge < -0.3 is 15.5 Å². The van der Waals surface area contributed by atoms with Crippen LogP contribution in [-0.2, 0) is 0 Å². The molecule has 1 atom stereocenters. The summed E-state index contributed by atoms with van der Waals surface area (Å²) in [6.45, 7) is 6.43. The molecule has 1 aliphatic carbocycles. The fraction of sp³-hybridized carbons (Fsp3) is 0.800. The third-order valence-electron chi connectivity index (χ3n) is 3.92. The zero-order valence-corrected chi connectivity index (χ0v) is 12.4. The summed E-state index contributed by atoms with van der Waals surface area (Å²) < 4.78 is 0. The minimum Gasteiger partial charge on any atom is -0.357 e. The maximum absolute atomic E-state index is 4.78. The number of rotatable bonds is 4. The van der Waals surface area contributed by atoms with E-state index in [2.05, 4.69) is 41.7 Å². The number of likely N-dealkylation sites (tertiary alicyclic amines) is 1. The Morgan fingerprint density at radius 2 is 2.16 bits per heavy atom. The first-order valence-corrected chi connectivity index (χ1v) is 7.66. The second-order valence-electron chi connectivity index (χ2n) is 5.77. The Labute approximate surface area is 117 Å². The highest BCUT2D eigenvalue weighted by Gasteiger charge is 2.17. The molecule has 0 amide bonds. The fourth-order valence-electron chi connectivity index (χ4n) is 2.89. The molecule has 2 N–H and O–H groups in total. The molecule has 1 heterocycles. The van der Waals surface area contributed by atoms with Gasteiger partial charge >= 0.3 is 0 Å². The highest BCUT2D eigenvalue weighted by molar-refractivity contribution is 5.80. The van der Waals surface area contributed by atoms with Crippen LogP contribution in [0.25, 0.3) is 0 Å². The number of piperidine rings is 1. The first kappa shape index (κ1) is 14.4. The minimum atomic E-state index is 0.534. The highest BCUT2D eigenvalue weighted by Crippen LogP contribution is 2.15. The largest absolute Gasteiger partial charge is 0.357 e. The number of nitrogens with one attached hydrogen (secondary N) is 2. The molecule has 4 heteroatoms. The molecular formula is C15H28N4. The van der Waals surface area contributed by atoms with Crippen LogP contribution in [0.3, 0.4) is 0 Å². The number of nitrogens with zero attached hydrogens (tertiary/aromatic N) is 2. The van der Waals surface area contributed by atoms with Crippen molar-refractivity contribution in [3.63, 3.8) is 0 Å². The topological polar surface area (TPSA) is 39.7 Å². The summed E-state index contributed by atoms with van der Waals surface area (Å²) in [5.74, 6) is 1.71. The van der Waals surface area contributed by atoms with Gasteiger partial charge in [0.05, 0.1) is 0 Å². The standard InChI is InChI=1S/C15H28N4/c1-3-16-15(18-14-8-4-5-9-14)17-11-13-7-6-10-19(2)12-13/h4-5,13-14H,3,6-12H2,1-2H3,(H2,16,17,18). The Morgan fingerprint density at radius 1 is 1.37 bits per heavy atom. The van der Waals surface area contributed by atoms with Gasteiger partial charge in [0, 0.05) is 25.7 Å². The van der Waals surface area contributed by atoms with E-state index in [1.54, 1.807) is 0 Å². The maximum Gasteiger partial charge on any atom is 0.191 e. The van der Waals surface area contributed by atoms with E-state index in [-0.39, 0.29) is 0 Å². The summed E-state index contributed by atoms with van der Waals surface area (Å²) in [4.78, 5) is 7.20. The van der Waals surface area contributed by atoms with E-state index in [1.165, 1.54) is 25.9 Å². The van der Waals surface area contributed by atoms with Crippen molar-refractivity contribution in [2.45, 2.75) is 38.6 Å². The molecule has 0 aromatic carbocycles. The van der Waals surface area contributed by atoms with Crippen LogP contribution in [0.2, 0.25) is 0 Å². The normalized spacial score (nSPS) is 25.8. The van der Waals surface area contributed by atoms with Crippen LogP contribution in [0.1, 0.15) is 32.6 Å². The molecule has 1 unspecified atom stereocenters. The Hall–Kier alpha value is -1.03. The summed E-state index contributed by atoms with van der Waals surface area (Å²) in [6.07, 6.45) is 9.37. The lowest BCUT2D eigenvalue weighted by Gasteiger charge is -2.28. The summed E-state index contributed by atoms with van der Waals surface area (Å²) in [6, 6.07) is 0.534. The monoisotopic (exact) mass is 264 g/mol. The Bertz CT molecular complexity index is 316. The summed E-state index contributed by atoms with van der Waals surface area (Å²) in [7, 11) is 2.21. The molecule has 19 heavy (non-hydrogen) atoms. The molecule has 4 nitrogen and oxygen atoms in total. The van der Waals surface area contributed by atoms with Crippen LogP contribution < -0.4 is 10.6 Å². The fourth-order valence-corrected chi connectivity index (χ4v) is 2.89. The van der Waals surface area contributed by atoms with Gasteiger partial charge in [0.15, 0.2) is 5.96 Å². The smallest absolute Gasteiger partial charge is 0.191 e. The first-order chi connectivity index (χ1) is 9.28. The second-order valence-corrected chi connectivity index (χ2v) is 5.77. The third kappa shape index (κ3) is 4.86. The zero-order chi connectivity index (χ0) is 13.5. The number of hydrogen-bond acceptors (Lipinski definition) is 2. The van der Waals surface area contributed by atoms with E-state index in [1.807, 2.05) is 0 Å². The summed E-state index contributed by atoms with van der Waals surface area (Å²) in [5.41, 5.74) is 0. The van der Waals surface area contributed by atoms with Gasteiger partial charge in [-0.15, -0.1) is 0 Å². The summed E-state index contributed by atoms with van der Waals surface area (Å²) in [5, 5.41) is 6.89. The number of guanidine groups is 1. The molecule has 0 spiro atoms. The van der Waals surface area contributed by atoms with Crippen LogP contribution in [0.15, 0.2) is 17.1 Å². The van der Waals surface area contributed by atoms with Crippen molar-refractivity contribution < 1.29 is 0 Å². The predicted octanol–water partition coefficient (Wildman–Crippen LogP) is 1.60. The van der Waals surface area contributed by atoms with Crippen molar-refractivity contribution in [2.24, 2.45) is 10.9 Å². The molecule has 0 bridgehead atoms. The van der Waals surface area contributed by atoms with Gasteiger partial charge in [0.25, 0.3) is 0 Å². The van der Waals surface area contributed by atoms with Crippen LogP contribution >= 0.6 is 0 Å². The van der Waals surface area contributed by atoms with Crippen molar-refractivity contribution in [2.75, 3.05) is 33.2 Å². The SMILES string of the molecule is CCNC(=NCC1CCCN(C)C1)NC1CC=CC1. The van der Waals surface area contributed by atoms with E-state index < -0.39 is 0 Å². The van der Waals surface area contributed by atoms with Gasteiger partial charge in [-0.25, -0.2) is 0 Å². The van der Waals surface area contributed by atoms with E-state index in [0.717, 1.165) is 37.8 Å². The maximum atomic E-state index is 4.78. The third-order valence-corrected chi connectivity index (χ3v) is 3.92. The van der Waals surface area contributed by atoms with Crippen molar-refractivity contribution >= 4 is 5.96 Å². The van der Waals surface area contributed by atoms with E-state index >= 15 is 0 Å². The van der Waals surface area contributed by atoms with Crippen molar-refractivity contribution in [1.82, 2.24) is 15.5 Å². The van der Waals surface area contributed by atoms with Crippen LogP contribution in [0.5, 0.6) is 0 Å². The van der Waals surface area contributed by atoms with E-state index in [9.17, 15) is 0 Å². The molecule has 0 aromatic rings. The van der Waals surface area contributed by atoms with Crippen molar-refractivity contribution in [3.05, 3.63) is 12.2 Å². The molecule has 0 aromatic heterocycles. The highest BCUT2D eigenvalue weighted by atomic mass is 15.2. The molecule has 1 saturated heterocycles. The van der Waals surface area contributed by atoms with Crippen LogP contribution in [0, 0.1) is 5.92 Å². The van der Waals surface area contributed by atoms with Crippen LogP contribution in [0.4, 0.5) is 0 Å². The second kappa shape index (κ2) is 7.53. The molecule has 1 aliphatic heterocycles. The van der Waals surface area contributed by atoms with Crippen molar-refractivity contribution in [1.29, 1.82) is 0 Å². The van der Waals surface area contributed by atoms with Gasteiger partial charge in [-0.2, -0.15) is 0 Å². The van der Waals surface area contributed by atoms with Gasteiger partial charge in [0.1, 0.15) is 0 Å².